The van der Waals surface area contributed by atoms with Gasteiger partial charge in [-0.25, -0.2) is 4.98 Å². The van der Waals surface area contributed by atoms with Gasteiger partial charge < -0.3 is 5.32 Å². The highest BCUT2D eigenvalue weighted by Crippen LogP contribution is 2.07. The molecule has 0 fully saturated rings. The maximum atomic E-state index is 12.1. The van der Waals surface area contributed by atoms with Gasteiger partial charge in [0, 0.05) is 23.4 Å². The van der Waals surface area contributed by atoms with E-state index in [0.29, 0.717) is 18.1 Å². The first-order valence-corrected chi connectivity index (χ1v) is 8.71. The molecule has 122 valence electrons. The standard InChI is InChI=1S/C17H21N3O2S/c1-14-8-9-18-16(12-14)19-17(21)13-20(2)10-11-23(22)15-6-4-3-5-7-15/h3-9,12H,10-11,13H2,1-2H3,(H,18,19,21)/t23-/m1/s1. The topological polar surface area (TPSA) is 62.3 Å². The molecule has 0 aliphatic rings. The van der Waals surface area contributed by atoms with Gasteiger partial charge >= 0.3 is 0 Å². The van der Waals surface area contributed by atoms with Crippen LogP contribution in [0.25, 0.3) is 0 Å². The second-order valence-corrected chi connectivity index (χ2v) is 6.94. The molecule has 23 heavy (non-hydrogen) atoms. The lowest BCUT2D eigenvalue weighted by atomic mass is 10.3. The van der Waals surface area contributed by atoms with Crippen molar-refractivity contribution < 1.29 is 9.00 Å². The number of carbonyl (C=O) groups is 1. The molecule has 0 saturated heterocycles. The molecule has 0 spiro atoms. The number of aromatic nitrogens is 1. The van der Waals surface area contributed by atoms with Gasteiger partial charge in [0.25, 0.3) is 0 Å². The average molecular weight is 331 g/mol. The summed E-state index contributed by atoms with van der Waals surface area (Å²) in [6.45, 7) is 2.76. The van der Waals surface area contributed by atoms with Crippen molar-refractivity contribution in [2.45, 2.75) is 11.8 Å². The molecule has 0 aliphatic carbocycles. The molecule has 0 unspecified atom stereocenters. The zero-order valence-electron chi connectivity index (χ0n) is 13.4. The minimum absolute atomic E-state index is 0.129. The van der Waals surface area contributed by atoms with E-state index in [1.807, 2.05) is 61.3 Å². The van der Waals surface area contributed by atoms with Crippen LogP contribution in [0, 0.1) is 6.92 Å². The van der Waals surface area contributed by atoms with Crippen molar-refractivity contribution in [1.29, 1.82) is 0 Å². The number of rotatable bonds is 7. The van der Waals surface area contributed by atoms with Crippen LogP contribution in [0.1, 0.15) is 5.56 Å². The van der Waals surface area contributed by atoms with Gasteiger partial charge in [-0.15, -0.1) is 0 Å². The Balaban J connectivity index is 1.77. The second kappa shape index (κ2) is 8.55. The van der Waals surface area contributed by atoms with Crippen LogP contribution in [0.4, 0.5) is 5.82 Å². The first-order chi connectivity index (χ1) is 11.0. The van der Waals surface area contributed by atoms with E-state index in [1.54, 1.807) is 6.20 Å². The molecule has 1 amide bonds. The Morgan fingerprint density at radius 1 is 1.26 bits per heavy atom. The van der Waals surface area contributed by atoms with Crippen molar-refractivity contribution in [1.82, 2.24) is 9.88 Å². The lowest BCUT2D eigenvalue weighted by Gasteiger charge is -2.15. The maximum absolute atomic E-state index is 12.1. The Hall–Kier alpha value is -2.05. The molecular weight excluding hydrogens is 310 g/mol. The van der Waals surface area contributed by atoms with E-state index < -0.39 is 10.8 Å². The Bertz CT molecular complexity index is 677. The van der Waals surface area contributed by atoms with Crippen LogP contribution < -0.4 is 5.32 Å². The van der Waals surface area contributed by atoms with E-state index in [0.717, 1.165) is 10.5 Å². The van der Waals surface area contributed by atoms with Gasteiger partial charge in [-0.2, -0.15) is 0 Å². The number of amides is 1. The second-order valence-electron chi connectivity index (χ2n) is 5.37. The summed E-state index contributed by atoms with van der Waals surface area (Å²) in [7, 11) is 0.793. The Labute approximate surface area is 139 Å². The van der Waals surface area contributed by atoms with Crippen LogP contribution >= 0.6 is 0 Å². The van der Waals surface area contributed by atoms with Crippen molar-refractivity contribution in [3.8, 4) is 0 Å². The lowest BCUT2D eigenvalue weighted by Crippen LogP contribution is -2.33. The predicted molar refractivity (Wildman–Crippen MR) is 92.8 cm³/mol. The molecular formula is C17H21N3O2S. The highest BCUT2D eigenvalue weighted by atomic mass is 32.2. The van der Waals surface area contributed by atoms with Crippen molar-refractivity contribution in [3.05, 3.63) is 54.2 Å². The summed E-state index contributed by atoms with van der Waals surface area (Å²) in [5.41, 5.74) is 1.04. The van der Waals surface area contributed by atoms with Crippen LogP contribution in [0.15, 0.2) is 53.6 Å². The van der Waals surface area contributed by atoms with Crippen molar-refractivity contribution in [2.24, 2.45) is 0 Å². The molecule has 0 radical (unpaired) electrons. The van der Waals surface area contributed by atoms with Crippen LogP contribution in [0.2, 0.25) is 0 Å². The van der Waals surface area contributed by atoms with Gasteiger partial charge in [0.2, 0.25) is 5.91 Å². The highest BCUT2D eigenvalue weighted by Gasteiger charge is 2.10. The number of hydrogen-bond donors (Lipinski definition) is 1. The summed E-state index contributed by atoms with van der Waals surface area (Å²) in [6, 6.07) is 13.1. The number of carbonyl (C=O) groups excluding carboxylic acids is 1. The number of nitrogens with one attached hydrogen (secondary N) is 1. The molecule has 1 aromatic heterocycles. The highest BCUT2D eigenvalue weighted by molar-refractivity contribution is 7.85. The zero-order valence-corrected chi connectivity index (χ0v) is 14.2. The summed E-state index contributed by atoms with van der Waals surface area (Å²) >= 11 is 0. The molecule has 5 nitrogen and oxygen atoms in total. The van der Waals surface area contributed by atoms with Gasteiger partial charge in [-0.05, 0) is 43.8 Å². The van der Waals surface area contributed by atoms with Crippen LogP contribution in [0.5, 0.6) is 0 Å². The summed E-state index contributed by atoms with van der Waals surface area (Å²) in [5.74, 6) is 0.920. The van der Waals surface area contributed by atoms with Crippen molar-refractivity contribution in [3.63, 3.8) is 0 Å². The molecule has 0 aliphatic heterocycles. The number of aryl methyl sites for hydroxylation is 1. The molecule has 0 saturated carbocycles. The zero-order chi connectivity index (χ0) is 16.7. The van der Waals surface area contributed by atoms with Crippen LogP contribution in [-0.4, -0.2) is 45.9 Å². The van der Waals surface area contributed by atoms with Gasteiger partial charge in [-0.3, -0.25) is 13.9 Å². The summed E-state index contributed by atoms with van der Waals surface area (Å²) < 4.78 is 12.1. The Morgan fingerprint density at radius 3 is 2.70 bits per heavy atom. The normalized spacial score (nSPS) is 12.1. The fourth-order valence-corrected chi connectivity index (χ4v) is 3.21. The lowest BCUT2D eigenvalue weighted by molar-refractivity contribution is -0.117. The largest absolute Gasteiger partial charge is 0.310 e. The monoisotopic (exact) mass is 331 g/mol. The molecule has 6 heteroatoms. The average Bonchev–Trinajstić information content (AvgIpc) is 2.53. The molecule has 0 bridgehead atoms. The fraction of sp³-hybridized carbons (Fsp3) is 0.294. The molecule has 2 rings (SSSR count). The van der Waals surface area contributed by atoms with Gasteiger partial charge in [-0.1, -0.05) is 18.2 Å². The quantitative estimate of drug-likeness (QED) is 0.844. The molecule has 2 aromatic rings. The first-order valence-electron chi connectivity index (χ1n) is 7.39. The smallest absolute Gasteiger partial charge is 0.239 e. The third kappa shape index (κ3) is 5.92. The molecule has 1 aromatic carbocycles. The number of anilines is 1. The van der Waals surface area contributed by atoms with Crippen molar-refractivity contribution in [2.75, 3.05) is 31.2 Å². The third-order valence-corrected chi connectivity index (χ3v) is 4.61. The number of nitrogens with zero attached hydrogens (tertiary/aromatic N) is 2. The molecule has 1 heterocycles. The van der Waals surface area contributed by atoms with E-state index in [1.165, 1.54) is 0 Å². The minimum atomic E-state index is -1.05. The van der Waals surface area contributed by atoms with Gasteiger partial charge in [0.15, 0.2) is 0 Å². The first kappa shape index (κ1) is 17.3. The van der Waals surface area contributed by atoms with E-state index in [4.69, 9.17) is 0 Å². The van der Waals surface area contributed by atoms with E-state index in [2.05, 4.69) is 10.3 Å². The van der Waals surface area contributed by atoms with Crippen molar-refractivity contribution >= 4 is 22.5 Å². The summed E-state index contributed by atoms with van der Waals surface area (Å²) in [6.07, 6.45) is 1.66. The van der Waals surface area contributed by atoms with Crippen LogP contribution in [0.3, 0.4) is 0 Å². The molecule has 1 atom stereocenters. The van der Waals surface area contributed by atoms with Gasteiger partial charge in [0.05, 0.1) is 17.3 Å². The number of pyridine rings is 1. The predicted octanol–water partition coefficient (Wildman–Crippen LogP) is 2.07. The third-order valence-electron chi connectivity index (χ3n) is 3.26. The van der Waals surface area contributed by atoms with E-state index >= 15 is 0 Å². The summed E-state index contributed by atoms with van der Waals surface area (Å²) in [4.78, 5) is 18.7. The fourth-order valence-electron chi connectivity index (χ4n) is 2.04. The maximum Gasteiger partial charge on any atom is 0.239 e. The van der Waals surface area contributed by atoms with E-state index in [-0.39, 0.29) is 12.5 Å². The number of hydrogen-bond acceptors (Lipinski definition) is 4. The minimum Gasteiger partial charge on any atom is -0.310 e. The number of likely N-dealkylation sites (N-methyl/N-ethyl adjacent to an activating group) is 1. The van der Waals surface area contributed by atoms with E-state index in [9.17, 15) is 9.00 Å². The molecule has 1 N–H and O–H groups in total. The summed E-state index contributed by atoms with van der Waals surface area (Å²) in [5, 5.41) is 2.77. The Kier molecular flexibility index (Phi) is 6.43. The number of benzene rings is 1. The Morgan fingerprint density at radius 2 is 2.00 bits per heavy atom. The van der Waals surface area contributed by atoms with Gasteiger partial charge in [0.1, 0.15) is 5.82 Å². The SMILES string of the molecule is Cc1ccnc(NC(=O)CN(C)CC[S@@](=O)c2ccccc2)c1. The van der Waals surface area contributed by atoms with Crippen LogP contribution in [-0.2, 0) is 15.6 Å².